The average molecular weight is 488 g/mol. The van der Waals surface area contributed by atoms with Crippen LogP contribution < -0.4 is 19.1 Å². The molecule has 7 nitrogen and oxygen atoms in total. The highest BCUT2D eigenvalue weighted by atomic mass is 16.5. The Labute approximate surface area is 210 Å². The van der Waals surface area contributed by atoms with Crippen molar-refractivity contribution in [2.24, 2.45) is 5.92 Å². The van der Waals surface area contributed by atoms with E-state index < -0.39 is 17.7 Å². The standard InChI is InChI=1S/C29H29NO6/c1-18(2)17-36-22-13-11-21(12-14-22)30-26(19-7-5-9-23(15-19)34-3)25(28(32)29(30)33)27(31)20-8-6-10-24(16-20)35-4/h5-16,18,26,31H,17H2,1-4H3/b27-25-. The minimum atomic E-state index is -0.867. The van der Waals surface area contributed by atoms with Gasteiger partial charge in [-0.25, -0.2) is 0 Å². The molecule has 0 bridgehead atoms. The molecule has 1 saturated heterocycles. The number of ether oxygens (including phenoxy) is 3. The number of carbonyl (C=O) groups is 2. The Morgan fingerprint density at radius 1 is 0.889 bits per heavy atom. The predicted molar refractivity (Wildman–Crippen MR) is 138 cm³/mol. The van der Waals surface area contributed by atoms with Gasteiger partial charge in [0.25, 0.3) is 11.7 Å². The molecule has 1 unspecified atom stereocenters. The summed E-state index contributed by atoms with van der Waals surface area (Å²) in [7, 11) is 3.06. The van der Waals surface area contributed by atoms with Crippen LogP contribution in [0.15, 0.2) is 78.4 Å². The topological polar surface area (TPSA) is 85.3 Å². The van der Waals surface area contributed by atoms with Crippen LogP contribution in [0.3, 0.4) is 0 Å². The van der Waals surface area contributed by atoms with Gasteiger partial charge in [0.15, 0.2) is 0 Å². The van der Waals surface area contributed by atoms with Crippen LogP contribution in [0, 0.1) is 5.92 Å². The Hall–Kier alpha value is -4.26. The molecule has 0 radical (unpaired) electrons. The largest absolute Gasteiger partial charge is 0.507 e. The lowest BCUT2D eigenvalue weighted by Gasteiger charge is -2.26. The van der Waals surface area contributed by atoms with Crippen LogP contribution in [-0.4, -0.2) is 37.6 Å². The first-order chi connectivity index (χ1) is 17.3. The number of aliphatic hydroxyl groups is 1. The third-order valence-electron chi connectivity index (χ3n) is 5.90. The zero-order valence-corrected chi connectivity index (χ0v) is 20.7. The van der Waals surface area contributed by atoms with Crippen LogP contribution in [0.2, 0.25) is 0 Å². The van der Waals surface area contributed by atoms with Gasteiger partial charge in [0.1, 0.15) is 23.0 Å². The number of nitrogens with zero attached hydrogens (tertiary/aromatic N) is 1. The Balaban J connectivity index is 1.84. The maximum Gasteiger partial charge on any atom is 0.300 e. The first-order valence-electron chi connectivity index (χ1n) is 11.7. The summed E-state index contributed by atoms with van der Waals surface area (Å²) in [5.41, 5.74) is 1.49. The number of Topliss-reactive ketones (excluding diaryl/α,β-unsaturated/α-hetero) is 1. The predicted octanol–water partition coefficient (Wildman–Crippen LogP) is 5.36. The summed E-state index contributed by atoms with van der Waals surface area (Å²) in [5, 5.41) is 11.3. The molecule has 1 aliphatic heterocycles. The molecule has 1 fully saturated rings. The second-order valence-electron chi connectivity index (χ2n) is 8.88. The van der Waals surface area contributed by atoms with Crippen LogP contribution in [0.5, 0.6) is 17.2 Å². The minimum absolute atomic E-state index is 0.0124. The second-order valence-corrected chi connectivity index (χ2v) is 8.88. The van der Waals surface area contributed by atoms with Gasteiger partial charge >= 0.3 is 0 Å². The lowest BCUT2D eigenvalue weighted by atomic mass is 9.95. The lowest BCUT2D eigenvalue weighted by molar-refractivity contribution is -0.132. The smallest absolute Gasteiger partial charge is 0.300 e. The Morgan fingerprint density at radius 2 is 1.53 bits per heavy atom. The molecule has 3 aromatic rings. The van der Waals surface area contributed by atoms with E-state index in [0.717, 1.165) is 0 Å². The van der Waals surface area contributed by atoms with Crippen molar-refractivity contribution < 1.29 is 28.9 Å². The van der Waals surface area contributed by atoms with Gasteiger partial charge < -0.3 is 19.3 Å². The fraction of sp³-hybridized carbons (Fsp3) is 0.241. The molecule has 4 rings (SSSR count). The van der Waals surface area contributed by atoms with Gasteiger partial charge in [0, 0.05) is 11.3 Å². The lowest BCUT2D eigenvalue weighted by Crippen LogP contribution is -2.29. The van der Waals surface area contributed by atoms with Gasteiger partial charge in [0.2, 0.25) is 0 Å². The van der Waals surface area contributed by atoms with E-state index in [0.29, 0.717) is 46.6 Å². The number of aliphatic hydroxyl groups excluding tert-OH is 1. The summed E-state index contributed by atoms with van der Waals surface area (Å²) in [5.74, 6) is 0.330. The van der Waals surface area contributed by atoms with Gasteiger partial charge in [0.05, 0.1) is 32.4 Å². The molecule has 186 valence electrons. The maximum atomic E-state index is 13.4. The minimum Gasteiger partial charge on any atom is -0.507 e. The summed E-state index contributed by atoms with van der Waals surface area (Å²) >= 11 is 0. The number of rotatable bonds is 8. The van der Waals surface area contributed by atoms with E-state index >= 15 is 0 Å². The van der Waals surface area contributed by atoms with Gasteiger partial charge in [-0.3, -0.25) is 14.5 Å². The third-order valence-corrected chi connectivity index (χ3v) is 5.90. The van der Waals surface area contributed by atoms with E-state index in [1.807, 2.05) is 0 Å². The van der Waals surface area contributed by atoms with Gasteiger partial charge in [-0.2, -0.15) is 0 Å². The van der Waals surface area contributed by atoms with Crippen LogP contribution in [0.1, 0.15) is 31.0 Å². The maximum absolute atomic E-state index is 13.4. The highest BCUT2D eigenvalue weighted by Gasteiger charge is 2.47. The van der Waals surface area contributed by atoms with Crippen LogP contribution in [0.4, 0.5) is 5.69 Å². The first-order valence-corrected chi connectivity index (χ1v) is 11.7. The molecular weight excluding hydrogens is 458 g/mol. The van der Waals surface area contributed by atoms with E-state index in [9.17, 15) is 14.7 Å². The van der Waals surface area contributed by atoms with Crippen LogP contribution in [-0.2, 0) is 9.59 Å². The number of ketones is 1. The molecule has 0 aromatic heterocycles. The third kappa shape index (κ3) is 4.91. The quantitative estimate of drug-likeness (QED) is 0.261. The van der Waals surface area contributed by atoms with Crippen molar-refractivity contribution in [2.75, 3.05) is 25.7 Å². The van der Waals surface area contributed by atoms with Crippen molar-refractivity contribution in [3.63, 3.8) is 0 Å². The zero-order chi connectivity index (χ0) is 25.8. The van der Waals surface area contributed by atoms with Crippen molar-refractivity contribution in [3.05, 3.63) is 89.5 Å². The van der Waals surface area contributed by atoms with E-state index in [1.165, 1.54) is 12.0 Å². The number of anilines is 1. The monoisotopic (exact) mass is 487 g/mol. The molecule has 36 heavy (non-hydrogen) atoms. The average Bonchev–Trinajstić information content (AvgIpc) is 3.17. The SMILES string of the molecule is COc1cccc(/C(O)=C2/C(=O)C(=O)N(c3ccc(OCC(C)C)cc3)C2c2cccc(OC)c2)c1. The van der Waals surface area contributed by atoms with E-state index in [1.54, 1.807) is 79.9 Å². The normalized spacial score (nSPS) is 16.9. The molecule has 1 heterocycles. The van der Waals surface area contributed by atoms with E-state index in [4.69, 9.17) is 14.2 Å². The van der Waals surface area contributed by atoms with E-state index in [2.05, 4.69) is 13.8 Å². The zero-order valence-electron chi connectivity index (χ0n) is 20.7. The number of carbonyl (C=O) groups excluding carboxylic acids is 2. The molecule has 7 heteroatoms. The molecule has 0 aliphatic carbocycles. The molecule has 0 saturated carbocycles. The van der Waals surface area contributed by atoms with Crippen LogP contribution in [0.25, 0.3) is 5.76 Å². The molecule has 1 N–H and O–H groups in total. The van der Waals surface area contributed by atoms with Gasteiger partial charge in [-0.15, -0.1) is 0 Å². The molecular formula is C29H29NO6. The number of hydrogen-bond acceptors (Lipinski definition) is 6. The Morgan fingerprint density at radius 3 is 2.17 bits per heavy atom. The van der Waals surface area contributed by atoms with Crippen molar-refractivity contribution >= 4 is 23.1 Å². The molecule has 0 spiro atoms. The van der Waals surface area contributed by atoms with Crippen molar-refractivity contribution in [1.29, 1.82) is 0 Å². The number of hydrogen-bond donors (Lipinski definition) is 1. The summed E-state index contributed by atoms with van der Waals surface area (Å²) in [6, 6.07) is 20.0. The summed E-state index contributed by atoms with van der Waals surface area (Å²) in [6.07, 6.45) is 0. The van der Waals surface area contributed by atoms with Gasteiger partial charge in [-0.05, 0) is 60.0 Å². The van der Waals surface area contributed by atoms with Crippen LogP contribution >= 0.6 is 0 Å². The fourth-order valence-corrected chi connectivity index (χ4v) is 4.12. The number of methoxy groups -OCH3 is 2. The molecule has 3 aromatic carbocycles. The fourth-order valence-electron chi connectivity index (χ4n) is 4.12. The molecule has 1 amide bonds. The number of amides is 1. The highest BCUT2D eigenvalue weighted by molar-refractivity contribution is 6.51. The first kappa shape index (κ1) is 24.9. The van der Waals surface area contributed by atoms with Gasteiger partial charge in [-0.1, -0.05) is 38.1 Å². The molecule has 1 aliphatic rings. The highest BCUT2D eigenvalue weighted by Crippen LogP contribution is 2.43. The number of benzene rings is 3. The van der Waals surface area contributed by atoms with Crippen molar-refractivity contribution in [2.45, 2.75) is 19.9 Å². The van der Waals surface area contributed by atoms with Crippen molar-refractivity contribution in [3.8, 4) is 17.2 Å². The Kier molecular flexibility index (Phi) is 7.29. The summed E-state index contributed by atoms with van der Waals surface area (Å²) < 4.78 is 16.4. The van der Waals surface area contributed by atoms with Crippen molar-refractivity contribution in [1.82, 2.24) is 0 Å². The second kappa shape index (κ2) is 10.6. The van der Waals surface area contributed by atoms with E-state index in [-0.39, 0.29) is 11.3 Å². The summed E-state index contributed by atoms with van der Waals surface area (Å²) in [4.78, 5) is 28.1. The Bertz CT molecular complexity index is 1300. The summed E-state index contributed by atoms with van der Waals surface area (Å²) in [6.45, 7) is 4.68. The molecule has 1 atom stereocenters.